The quantitative estimate of drug-likeness (QED) is 0.658. The molecular formula is C12H16Cl2N2O. The van der Waals surface area contributed by atoms with E-state index in [1.54, 1.807) is 0 Å². The lowest BCUT2D eigenvalue weighted by atomic mass is 9.89. The van der Waals surface area contributed by atoms with Crippen LogP contribution in [0.5, 0.6) is 0 Å². The van der Waals surface area contributed by atoms with E-state index in [0.29, 0.717) is 22.6 Å². The third-order valence-corrected chi connectivity index (χ3v) is 3.82. The van der Waals surface area contributed by atoms with Gasteiger partial charge in [0.1, 0.15) is 0 Å². The summed E-state index contributed by atoms with van der Waals surface area (Å²) in [5, 5.41) is 1.29. The van der Waals surface area contributed by atoms with Gasteiger partial charge < -0.3 is 4.74 Å². The van der Waals surface area contributed by atoms with Gasteiger partial charge in [-0.15, -0.1) is 0 Å². The maximum Gasteiger partial charge on any atom is 0.0539 e. The summed E-state index contributed by atoms with van der Waals surface area (Å²) in [5.41, 5.74) is 3.69. The van der Waals surface area contributed by atoms with Crippen molar-refractivity contribution in [2.45, 2.75) is 18.9 Å². The van der Waals surface area contributed by atoms with E-state index in [-0.39, 0.29) is 6.04 Å². The van der Waals surface area contributed by atoms with E-state index in [0.717, 1.165) is 25.0 Å². The van der Waals surface area contributed by atoms with Crippen molar-refractivity contribution in [3.05, 3.63) is 33.8 Å². The van der Waals surface area contributed by atoms with Crippen LogP contribution in [0, 0.1) is 5.92 Å². The Labute approximate surface area is 111 Å². The zero-order valence-electron chi connectivity index (χ0n) is 9.46. The summed E-state index contributed by atoms with van der Waals surface area (Å²) < 4.78 is 5.48. The monoisotopic (exact) mass is 274 g/mol. The Bertz CT molecular complexity index is 361. The number of benzene rings is 1. The van der Waals surface area contributed by atoms with Gasteiger partial charge in [-0.1, -0.05) is 29.3 Å². The molecule has 2 atom stereocenters. The standard InChI is InChI=1S/C12H16Cl2N2O/c13-9-4-1-5-10(14)11(9)12(16-15)8-3-2-6-17-7-8/h1,4-5,8,12,16H,2-3,6-7,15H2. The number of ether oxygens (including phenoxy) is 1. The molecule has 1 aliphatic heterocycles. The highest BCUT2D eigenvalue weighted by atomic mass is 35.5. The van der Waals surface area contributed by atoms with Gasteiger partial charge in [-0.2, -0.15) is 0 Å². The first-order valence-corrected chi connectivity index (χ1v) is 6.47. The largest absolute Gasteiger partial charge is 0.381 e. The third-order valence-electron chi connectivity index (χ3n) is 3.16. The molecule has 0 radical (unpaired) electrons. The van der Waals surface area contributed by atoms with Crippen LogP contribution < -0.4 is 11.3 Å². The Morgan fingerprint density at radius 3 is 2.59 bits per heavy atom. The molecule has 0 bridgehead atoms. The van der Waals surface area contributed by atoms with Crippen molar-refractivity contribution in [1.82, 2.24) is 5.43 Å². The van der Waals surface area contributed by atoms with E-state index in [1.807, 2.05) is 18.2 Å². The molecule has 1 heterocycles. The first-order valence-electron chi connectivity index (χ1n) is 5.72. The molecule has 94 valence electrons. The van der Waals surface area contributed by atoms with Crippen molar-refractivity contribution in [3.8, 4) is 0 Å². The van der Waals surface area contributed by atoms with Gasteiger partial charge in [-0.05, 0) is 25.0 Å². The average molecular weight is 275 g/mol. The van der Waals surface area contributed by atoms with E-state index in [9.17, 15) is 0 Å². The topological polar surface area (TPSA) is 47.3 Å². The number of halogens is 2. The number of nitrogens with two attached hydrogens (primary N) is 1. The van der Waals surface area contributed by atoms with E-state index in [2.05, 4.69) is 5.43 Å². The van der Waals surface area contributed by atoms with Gasteiger partial charge in [0, 0.05) is 28.1 Å². The summed E-state index contributed by atoms with van der Waals surface area (Å²) in [6, 6.07) is 5.43. The van der Waals surface area contributed by atoms with E-state index in [4.69, 9.17) is 33.8 Å². The molecule has 3 nitrogen and oxygen atoms in total. The van der Waals surface area contributed by atoms with Crippen molar-refractivity contribution >= 4 is 23.2 Å². The molecule has 17 heavy (non-hydrogen) atoms. The molecular weight excluding hydrogens is 259 g/mol. The zero-order chi connectivity index (χ0) is 12.3. The fourth-order valence-electron chi connectivity index (χ4n) is 2.29. The molecule has 1 aromatic rings. The molecule has 0 aliphatic carbocycles. The molecule has 0 saturated carbocycles. The molecule has 2 unspecified atom stereocenters. The summed E-state index contributed by atoms with van der Waals surface area (Å²) >= 11 is 12.4. The lowest BCUT2D eigenvalue weighted by molar-refractivity contribution is 0.0390. The number of rotatable bonds is 3. The van der Waals surface area contributed by atoms with Gasteiger partial charge >= 0.3 is 0 Å². The van der Waals surface area contributed by atoms with Gasteiger partial charge in [0.05, 0.1) is 12.6 Å². The molecule has 1 saturated heterocycles. The Hall–Kier alpha value is -0.320. The summed E-state index contributed by atoms with van der Waals surface area (Å²) in [7, 11) is 0. The SMILES string of the molecule is NNC(c1c(Cl)cccc1Cl)C1CCCOC1. The molecule has 5 heteroatoms. The molecule has 1 aromatic carbocycles. The number of hydrazine groups is 1. The predicted octanol–water partition coefficient (Wildman–Crippen LogP) is 2.92. The van der Waals surface area contributed by atoms with Crippen molar-refractivity contribution in [3.63, 3.8) is 0 Å². The molecule has 3 N–H and O–H groups in total. The Kier molecular flexibility index (Phi) is 4.65. The lowest BCUT2D eigenvalue weighted by Gasteiger charge is -2.31. The van der Waals surface area contributed by atoms with Crippen LogP contribution in [0.2, 0.25) is 10.0 Å². The van der Waals surface area contributed by atoms with Crippen LogP contribution in [-0.2, 0) is 4.74 Å². The minimum atomic E-state index is -0.0588. The summed E-state index contributed by atoms with van der Waals surface area (Å²) in [4.78, 5) is 0. The first-order chi connectivity index (χ1) is 8.24. The maximum atomic E-state index is 6.20. The Morgan fingerprint density at radius 2 is 2.06 bits per heavy atom. The zero-order valence-corrected chi connectivity index (χ0v) is 11.0. The van der Waals surface area contributed by atoms with E-state index >= 15 is 0 Å². The molecule has 1 fully saturated rings. The normalized spacial score (nSPS) is 22.4. The van der Waals surface area contributed by atoms with Crippen molar-refractivity contribution in [2.75, 3.05) is 13.2 Å². The fourth-order valence-corrected chi connectivity index (χ4v) is 2.92. The molecule has 0 amide bonds. The van der Waals surface area contributed by atoms with Crippen LogP contribution in [-0.4, -0.2) is 13.2 Å². The van der Waals surface area contributed by atoms with Crippen molar-refractivity contribution in [2.24, 2.45) is 11.8 Å². The van der Waals surface area contributed by atoms with E-state index in [1.165, 1.54) is 0 Å². The molecule has 1 aliphatic rings. The van der Waals surface area contributed by atoms with Crippen molar-refractivity contribution in [1.29, 1.82) is 0 Å². The van der Waals surface area contributed by atoms with Crippen molar-refractivity contribution < 1.29 is 4.74 Å². The molecule has 0 spiro atoms. The first kappa shape index (κ1) is 13.1. The molecule has 0 aromatic heterocycles. The number of hydrogen-bond acceptors (Lipinski definition) is 3. The predicted molar refractivity (Wildman–Crippen MR) is 70.1 cm³/mol. The fraction of sp³-hybridized carbons (Fsp3) is 0.500. The molecule has 2 rings (SSSR count). The highest BCUT2D eigenvalue weighted by Crippen LogP contribution is 2.36. The second-order valence-electron chi connectivity index (χ2n) is 4.26. The second-order valence-corrected chi connectivity index (χ2v) is 5.07. The van der Waals surface area contributed by atoms with Gasteiger partial charge in [0.25, 0.3) is 0 Å². The average Bonchev–Trinajstić information content (AvgIpc) is 2.35. The minimum absolute atomic E-state index is 0.0588. The van der Waals surface area contributed by atoms with Crippen LogP contribution in [0.25, 0.3) is 0 Å². The van der Waals surface area contributed by atoms with Crippen LogP contribution in [0.15, 0.2) is 18.2 Å². The summed E-state index contributed by atoms with van der Waals surface area (Å²) in [6.07, 6.45) is 2.11. The van der Waals surface area contributed by atoms with Crippen LogP contribution in [0.1, 0.15) is 24.4 Å². The maximum absolute atomic E-state index is 6.20. The van der Waals surface area contributed by atoms with E-state index < -0.39 is 0 Å². The highest BCUT2D eigenvalue weighted by Gasteiger charge is 2.27. The minimum Gasteiger partial charge on any atom is -0.381 e. The number of nitrogens with one attached hydrogen (secondary N) is 1. The highest BCUT2D eigenvalue weighted by molar-refractivity contribution is 6.36. The van der Waals surface area contributed by atoms with Gasteiger partial charge in [0.2, 0.25) is 0 Å². The van der Waals surface area contributed by atoms with Gasteiger partial charge in [-0.3, -0.25) is 11.3 Å². The summed E-state index contributed by atoms with van der Waals surface area (Å²) in [5.74, 6) is 5.96. The summed E-state index contributed by atoms with van der Waals surface area (Å²) in [6.45, 7) is 1.51. The Morgan fingerprint density at radius 1 is 1.35 bits per heavy atom. The Balaban J connectivity index is 2.27. The lowest BCUT2D eigenvalue weighted by Crippen LogP contribution is -2.37. The van der Waals surface area contributed by atoms with Crippen LogP contribution in [0.4, 0.5) is 0 Å². The second kappa shape index (κ2) is 6.03. The van der Waals surface area contributed by atoms with Crippen LogP contribution in [0.3, 0.4) is 0 Å². The van der Waals surface area contributed by atoms with Crippen LogP contribution >= 0.6 is 23.2 Å². The third kappa shape index (κ3) is 2.92. The van der Waals surface area contributed by atoms with Gasteiger partial charge in [0.15, 0.2) is 0 Å². The smallest absolute Gasteiger partial charge is 0.0539 e. The van der Waals surface area contributed by atoms with Gasteiger partial charge in [-0.25, -0.2) is 0 Å². The number of hydrogen-bond donors (Lipinski definition) is 2.